The van der Waals surface area contributed by atoms with Gasteiger partial charge in [0.25, 0.3) is 11.4 Å². The van der Waals surface area contributed by atoms with Crippen molar-refractivity contribution in [1.29, 1.82) is 0 Å². The summed E-state index contributed by atoms with van der Waals surface area (Å²) in [5.41, 5.74) is 17.3. The van der Waals surface area contributed by atoms with Crippen LogP contribution in [0.5, 0.6) is 0 Å². The van der Waals surface area contributed by atoms with Crippen molar-refractivity contribution >= 4 is 63.3 Å². The number of aryl methyl sites for hydroxylation is 3. The van der Waals surface area contributed by atoms with Gasteiger partial charge in [-0.1, -0.05) is 109 Å². The first-order chi connectivity index (χ1) is 30.6. The molecule has 0 spiro atoms. The molecule has 0 aliphatic rings. The van der Waals surface area contributed by atoms with Crippen molar-refractivity contribution in [3.63, 3.8) is 0 Å². The van der Waals surface area contributed by atoms with E-state index in [1.54, 1.807) is 50.2 Å². The number of nitro benzene ring substituents is 2. The Morgan fingerprint density at radius 3 is 1.28 bits per heavy atom. The summed E-state index contributed by atoms with van der Waals surface area (Å²) in [5.74, 6) is 0. The number of hydrogen-bond donors (Lipinski definition) is 5. The Morgan fingerprint density at radius 2 is 0.906 bits per heavy atom. The van der Waals surface area contributed by atoms with E-state index >= 15 is 0 Å². The number of nitrogens with zero attached hydrogens (tertiary/aromatic N) is 2. The summed E-state index contributed by atoms with van der Waals surface area (Å²) in [6.07, 6.45) is -1.15. The molecule has 0 saturated heterocycles. The Labute approximate surface area is 374 Å². The normalized spacial score (nSPS) is 9.53. The highest BCUT2D eigenvalue weighted by atomic mass is 35.5. The van der Waals surface area contributed by atoms with Gasteiger partial charge in [-0.05, 0) is 67.3 Å². The van der Waals surface area contributed by atoms with Gasteiger partial charge in [-0.3, -0.25) is 30.9 Å². The minimum Gasteiger partial charge on any atom is -0.449 e. The lowest BCUT2D eigenvalue weighted by atomic mass is 10.2. The number of amides is 2. The van der Waals surface area contributed by atoms with Gasteiger partial charge in [0.15, 0.2) is 0 Å². The van der Waals surface area contributed by atoms with Crippen molar-refractivity contribution in [3.05, 3.63) is 199 Å². The zero-order valence-corrected chi connectivity index (χ0v) is 36.2. The first-order valence-electron chi connectivity index (χ1n) is 19.0. The number of hydrogen-bond acceptors (Lipinski definition) is 13. The number of nitrogen functional groups attached to an aromatic ring is 2. The number of carbonyl (C=O) groups is 3. The zero-order valence-electron chi connectivity index (χ0n) is 35.4. The highest BCUT2D eigenvalue weighted by Gasteiger charge is 2.13. The molecule has 2 amide bonds. The molecule has 0 heterocycles. The second-order valence-corrected chi connectivity index (χ2v) is 13.3. The quantitative estimate of drug-likeness (QED) is 0.0282. The molecule has 0 aliphatic heterocycles. The number of nitrogens with one attached hydrogen (secondary N) is 2. The summed E-state index contributed by atoms with van der Waals surface area (Å²) >= 11 is 4.97. The monoisotopic (exact) mass is 896 g/mol. The summed E-state index contributed by atoms with van der Waals surface area (Å²) in [6, 6.07) is 42.6. The first-order valence-corrected chi connectivity index (χ1v) is 19.4. The standard InChI is InChI=1S/C15H14N2O4.C15H16N2O2.C8H7ClO2.C7H8N2O2.CH4O/c1-11-7-8-13(9-14(11)17(19)20)16-15(18)21-10-12-5-3-2-4-6-12;1-11-7-8-13(9-14(11)16)17-15(18)19-10-12-5-3-2-4-6-12;9-8(10)11-6-7-4-2-1-3-5-7;1-5-2-3-6(8)4-7(5)9(10)11;1-2/h2-9H,10H2,1H3,(H,16,18);2-9H,10,16H2,1H3,(H,17,18);1-5H,6H2;2-4H,8H2,1H3;2H,1H3. The van der Waals surface area contributed by atoms with Gasteiger partial charge in [0.05, 0.1) is 15.5 Å². The van der Waals surface area contributed by atoms with Crippen molar-refractivity contribution in [2.24, 2.45) is 0 Å². The van der Waals surface area contributed by atoms with Crippen molar-refractivity contribution in [2.75, 3.05) is 29.2 Å². The number of nitro groups is 2. The first kappa shape index (κ1) is 52.1. The molecule has 0 atom stereocenters. The van der Waals surface area contributed by atoms with Crippen LogP contribution in [-0.4, -0.2) is 39.7 Å². The number of anilines is 4. The smallest absolute Gasteiger partial charge is 0.411 e. The fourth-order valence-electron chi connectivity index (χ4n) is 4.89. The van der Waals surface area contributed by atoms with Gasteiger partial charge >= 0.3 is 17.6 Å². The molecule has 0 saturated carbocycles. The van der Waals surface area contributed by atoms with Gasteiger partial charge in [-0.2, -0.15) is 0 Å². The second kappa shape index (κ2) is 28.5. The number of aliphatic hydroxyl groups excluding tert-OH is 1. The molecule has 6 aromatic carbocycles. The third-order valence-corrected chi connectivity index (χ3v) is 8.34. The van der Waals surface area contributed by atoms with Gasteiger partial charge in [0.2, 0.25) is 0 Å². The maximum atomic E-state index is 11.6. The van der Waals surface area contributed by atoms with Crippen molar-refractivity contribution in [1.82, 2.24) is 0 Å². The molecule has 0 aliphatic carbocycles. The molecular formula is C46H49ClN6O11. The lowest BCUT2D eigenvalue weighted by molar-refractivity contribution is -0.385. The summed E-state index contributed by atoms with van der Waals surface area (Å²) < 4.78 is 14.7. The Bertz CT molecular complexity index is 2410. The zero-order chi connectivity index (χ0) is 47.4. The van der Waals surface area contributed by atoms with E-state index in [4.69, 9.17) is 37.6 Å². The number of nitrogens with two attached hydrogens (primary N) is 2. The molecule has 336 valence electrons. The molecule has 64 heavy (non-hydrogen) atoms. The van der Waals surface area contributed by atoms with Crippen LogP contribution in [0, 0.1) is 41.0 Å². The highest BCUT2D eigenvalue weighted by molar-refractivity contribution is 6.61. The van der Waals surface area contributed by atoms with Crippen LogP contribution < -0.4 is 22.1 Å². The average Bonchev–Trinajstić information content (AvgIpc) is 3.29. The Kier molecular flexibility index (Phi) is 23.2. The van der Waals surface area contributed by atoms with E-state index in [9.17, 15) is 34.6 Å². The van der Waals surface area contributed by atoms with E-state index in [-0.39, 0.29) is 31.2 Å². The maximum absolute atomic E-state index is 11.6. The summed E-state index contributed by atoms with van der Waals surface area (Å²) in [6.45, 7) is 5.85. The predicted octanol–water partition coefficient (Wildman–Crippen LogP) is 10.6. The topological polar surface area (TPSA) is 262 Å². The van der Waals surface area contributed by atoms with Gasteiger partial charge in [-0.15, -0.1) is 0 Å². The van der Waals surface area contributed by atoms with Crippen LogP contribution >= 0.6 is 11.6 Å². The van der Waals surface area contributed by atoms with E-state index in [0.29, 0.717) is 33.9 Å². The molecule has 7 N–H and O–H groups in total. The SMILES string of the molecule is CO.Cc1ccc(N)cc1[N+](=O)[O-].Cc1ccc(NC(=O)OCc2ccccc2)cc1N.Cc1ccc(NC(=O)OCc2ccccc2)cc1[N+](=O)[O-].O=C(Cl)OCc1ccccc1. The van der Waals surface area contributed by atoms with Gasteiger partial charge in [0.1, 0.15) is 19.8 Å². The highest BCUT2D eigenvalue weighted by Crippen LogP contribution is 2.23. The van der Waals surface area contributed by atoms with Gasteiger partial charge < -0.3 is 30.8 Å². The van der Waals surface area contributed by atoms with E-state index in [0.717, 1.165) is 29.4 Å². The minimum absolute atomic E-state index is 0.0455. The van der Waals surface area contributed by atoms with Crippen molar-refractivity contribution in [2.45, 2.75) is 40.6 Å². The third-order valence-electron chi connectivity index (χ3n) is 8.23. The van der Waals surface area contributed by atoms with E-state index in [1.165, 1.54) is 12.1 Å². The molecule has 17 nitrogen and oxygen atoms in total. The maximum Gasteiger partial charge on any atom is 0.411 e. The van der Waals surface area contributed by atoms with E-state index in [1.807, 2.05) is 104 Å². The Hall–Kier alpha value is -8.02. The lowest BCUT2D eigenvalue weighted by Crippen LogP contribution is -2.13. The van der Waals surface area contributed by atoms with Gasteiger partial charge in [-0.25, -0.2) is 14.4 Å². The van der Waals surface area contributed by atoms with Crippen molar-refractivity contribution in [3.8, 4) is 0 Å². The third kappa shape index (κ3) is 20.5. The Balaban J connectivity index is 0.000000301. The predicted molar refractivity (Wildman–Crippen MR) is 247 cm³/mol. The molecule has 0 fully saturated rings. The largest absolute Gasteiger partial charge is 0.449 e. The van der Waals surface area contributed by atoms with Crippen LogP contribution in [0.15, 0.2) is 146 Å². The van der Waals surface area contributed by atoms with Crippen LogP contribution in [0.4, 0.5) is 48.5 Å². The van der Waals surface area contributed by atoms with Crippen molar-refractivity contribution < 1.29 is 43.5 Å². The number of aliphatic hydroxyl groups is 1. The van der Waals surface area contributed by atoms with Crippen LogP contribution in [0.1, 0.15) is 33.4 Å². The second-order valence-electron chi connectivity index (χ2n) is 13.0. The molecule has 18 heteroatoms. The lowest BCUT2D eigenvalue weighted by Gasteiger charge is -2.08. The fourth-order valence-corrected chi connectivity index (χ4v) is 4.95. The van der Waals surface area contributed by atoms with Gasteiger partial charge in [0, 0.05) is 59.0 Å². The number of rotatable bonds is 10. The molecule has 6 rings (SSSR count). The van der Waals surface area contributed by atoms with Crippen LogP contribution in [0.2, 0.25) is 0 Å². The number of benzene rings is 6. The molecule has 0 radical (unpaired) electrons. The summed E-state index contributed by atoms with van der Waals surface area (Å²) in [4.78, 5) is 53.6. The van der Waals surface area contributed by atoms with E-state index in [2.05, 4.69) is 15.4 Å². The Morgan fingerprint density at radius 1 is 0.547 bits per heavy atom. The fraction of sp³-hybridized carbons (Fsp3) is 0.152. The molecule has 0 aromatic heterocycles. The van der Waals surface area contributed by atoms with Crippen LogP contribution in [0.3, 0.4) is 0 Å². The van der Waals surface area contributed by atoms with Crippen LogP contribution in [0.25, 0.3) is 0 Å². The number of halogens is 1. The minimum atomic E-state index is -0.770. The molecule has 6 aromatic rings. The average molecular weight is 897 g/mol. The van der Waals surface area contributed by atoms with Crippen LogP contribution in [-0.2, 0) is 34.0 Å². The molecular weight excluding hydrogens is 848 g/mol. The summed E-state index contributed by atoms with van der Waals surface area (Å²) in [7, 11) is 1.00. The van der Waals surface area contributed by atoms with E-state index < -0.39 is 27.5 Å². The summed E-state index contributed by atoms with van der Waals surface area (Å²) in [5, 5.41) is 33.3. The molecule has 0 bridgehead atoms. The number of ether oxygens (including phenoxy) is 3. The molecule has 0 unspecified atom stereocenters. The number of carbonyl (C=O) groups excluding carboxylic acids is 3.